The first-order chi connectivity index (χ1) is 11.5. The molecule has 0 radical (unpaired) electrons. The fourth-order valence-corrected chi connectivity index (χ4v) is 3.23. The number of carbonyl (C=O) groups excluding carboxylic acids is 1. The smallest absolute Gasteiger partial charge is 0.314 e. The Morgan fingerprint density at radius 1 is 1.46 bits per heavy atom. The minimum atomic E-state index is -0.682. The van der Waals surface area contributed by atoms with E-state index in [1.165, 1.54) is 0 Å². The van der Waals surface area contributed by atoms with Gasteiger partial charge in [0.25, 0.3) is 6.04 Å². The highest BCUT2D eigenvalue weighted by atomic mass is 35.5. The van der Waals surface area contributed by atoms with Crippen LogP contribution in [0.25, 0.3) is 4.85 Å². The average molecular weight is 354 g/mol. The Hall–Kier alpha value is -1.64. The van der Waals surface area contributed by atoms with Crippen molar-refractivity contribution < 1.29 is 18.7 Å². The molecule has 0 saturated carbocycles. The number of hydrogen-bond donors (Lipinski definition) is 0. The van der Waals surface area contributed by atoms with Crippen LogP contribution < -0.4 is 0 Å². The minimum Gasteiger partial charge on any atom is -0.466 e. The highest BCUT2D eigenvalue weighted by Gasteiger charge is 2.36. The maximum atomic E-state index is 13.8. The maximum absolute atomic E-state index is 13.8. The van der Waals surface area contributed by atoms with E-state index in [9.17, 15) is 9.18 Å². The van der Waals surface area contributed by atoms with Gasteiger partial charge < -0.3 is 14.3 Å². The molecule has 0 aliphatic carbocycles. The first-order valence-corrected chi connectivity index (χ1v) is 8.39. The summed E-state index contributed by atoms with van der Waals surface area (Å²) in [5.41, 5.74) is 0.766. The number of nitrogens with zero attached hydrogens (tertiary/aromatic N) is 1. The lowest BCUT2D eigenvalue weighted by molar-refractivity contribution is -0.143. The van der Waals surface area contributed by atoms with Crippen molar-refractivity contribution >= 4 is 17.6 Å². The molecule has 1 saturated heterocycles. The van der Waals surface area contributed by atoms with Gasteiger partial charge in [-0.1, -0.05) is 11.6 Å². The largest absolute Gasteiger partial charge is 0.466 e. The summed E-state index contributed by atoms with van der Waals surface area (Å²) in [5.74, 6) is -0.425. The van der Waals surface area contributed by atoms with Crippen LogP contribution in [0.2, 0.25) is 5.02 Å². The monoisotopic (exact) mass is 353 g/mol. The first kappa shape index (κ1) is 18.7. The summed E-state index contributed by atoms with van der Waals surface area (Å²) >= 11 is 6.21. The Bertz CT molecular complexity index is 623. The van der Waals surface area contributed by atoms with Gasteiger partial charge in [0.05, 0.1) is 13.3 Å². The van der Waals surface area contributed by atoms with Crippen LogP contribution in [0.1, 0.15) is 43.4 Å². The van der Waals surface area contributed by atoms with Crippen molar-refractivity contribution in [2.75, 3.05) is 26.5 Å². The number of benzene rings is 1. The molecule has 0 unspecified atom stereocenters. The normalized spacial score (nSPS) is 17.8. The minimum absolute atomic E-state index is 0.0388. The number of carbonyl (C=O) groups is 1. The van der Waals surface area contributed by atoms with Crippen molar-refractivity contribution in [1.29, 1.82) is 0 Å². The number of rotatable bonds is 6. The molecular formula is C18H21ClFNO3. The van der Waals surface area contributed by atoms with E-state index in [1.807, 2.05) is 0 Å². The van der Waals surface area contributed by atoms with Gasteiger partial charge in [0, 0.05) is 29.2 Å². The predicted molar refractivity (Wildman–Crippen MR) is 89.8 cm³/mol. The van der Waals surface area contributed by atoms with Crippen molar-refractivity contribution in [3.63, 3.8) is 0 Å². The third kappa shape index (κ3) is 4.25. The Morgan fingerprint density at radius 3 is 2.75 bits per heavy atom. The third-order valence-electron chi connectivity index (χ3n) is 4.44. The van der Waals surface area contributed by atoms with E-state index in [1.54, 1.807) is 25.1 Å². The molecule has 0 N–H and O–H groups in total. The average Bonchev–Trinajstić information content (AvgIpc) is 2.60. The Labute approximate surface area is 146 Å². The van der Waals surface area contributed by atoms with Crippen molar-refractivity contribution in [1.82, 2.24) is 0 Å². The van der Waals surface area contributed by atoms with Gasteiger partial charge in [-0.05, 0) is 43.5 Å². The molecule has 24 heavy (non-hydrogen) atoms. The lowest BCUT2D eigenvalue weighted by Gasteiger charge is -2.35. The molecule has 1 atom stereocenters. The molecule has 4 nitrogen and oxygen atoms in total. The highest BCUT2D eigenvalue weighted by Crippen LogP contribution is 2.38. The molecule has 0 spiro atoms. The second-order valence-corrected chi connectivity index (χ2v) is 6.39. The molecule has 0 bridgehead atoms. The van der Waals surface area contributed by atoms with Gasteiger partial charge in [0.1, 0.15) is 6.42 Å². The number of ether oxygens (including phenoxy) is 2. The Kier molecular flexibility index (Phi) is 6.59. The summed E-state index contributed by atoms with van der Waals surface area (Å²) in [5, 5.41) is 0.444. The number of hydrogen-bond acceptors (Lipinski definition) is 3. The van der Waals surface area contributed by atoms with Crippen LogP contribution in [0.5, 0.6) is 0 Å². The molecule has 0 aromatic heterocycles. The van der Waals surface area contributed by atoms with Crippen LogP contribution in [0.15, 0.2) is 18.2 Å². The van der Waals surface area contributed by atoms with E-state index in [4.69, 9.17) is 27.6 Å². The zero-order valence-corrected chi connectivity index (χ0v) is 14.4. The molecule has 1 heterocycles. The van der Waals surface area contributed by atoms with E-state index < -0.39 is 24.1 Å². The van der Waals surface area contributed by atoms with Crippen molar-refractivity contribution in [3.8, 4) is 0 Å². The lowest BCUT2D eigenvalue weighted by atomic mass is 9.74. The zero-order chi connectivity index (χ0) is 17.6. The quantitative estimate of drug-likeness (QED) is 0.566. The molecule has 6 heteroatoms. The molecule has 2 rings (SSSR count). The van der Waals surface area contributed by atoms with Crippen molar-refractivity contribution in [2.24, 2.45) is 0 Å². The van der Waals surface area contributed by atoms with Crippen LogP contribution in [-0.4, -0.2) is 32.5 Å². The summed E-state index contributed by atoms with van der Waals surface area (Å²) in [6, 6.07) is 4.54. The summed E-state index contributed by atoms with van der Waals surface area (Å²) < 4.78 is 24.1. The molecule has 1 aromatic rings. The Morgan fingerprint density at radius 2 is 2.17 bits per heavy atom. The first-order valence-electron chi connectivity index (χ1n) is 8.01. The summed E-state index contributed by atoms with van der Waals surface area (Å²) in [4.78, 5) is 15.2. The van der Waals surface area contributed by atoms with Gasteiger partial charge in [0.2, 0.25) is 0 Å². The van der Waals surface area contributed by atoms with Crippen LogP contribution in [0.4, 0.5) is 4.39 Å². The summed E-state index contributed by atoms with van der Waals surface area (Å²) in [7, 11) is 0. The molecule has 130 valence electrons. The molecule has 0 amide bonds. The van der Waals surface area contributed by atoms with E-state index in [2.05, 4.69) is 4.85 Å². The van der Waals surface area contributed by atoms with Gasteiger partial charge >= 0.3 is 5.97 Å². The maximum Gasteiger partial charge on any atom is 0.314 e. The summed E-state index contributed by atoms with van der Waals surface area (Å²) in [6.45, 7) is 9.87. The fraction of sp³-hybridized carbons (Fsp3) is 0.556. The van der Waals surface area contributed by atoms with E-state index in [0.29, 0.717) is 36.6 Å². The predicted octanol–water partition coefficient (Wildman–Crippen LogP) is 4.27. The van der Waals surface area contributed by atoms with Crippen molar-refractivity contribution in [3.05, 3.63) is 45.8 Å². The highest BCUT2D eigenvalue weighted by molar-refractivity contribution is 6.30. The van der Waals surface area contributed by atoms with Crippen molar-refractivity contribution in [2.45, 2.75) is 37.6 Å². The van der Waals surface area contributed by atoms with Gasteiger partial charge in [-0.25, -0.2) is 6.57 Å². The molecular weight excluding hydrogens is 333 g/mol. The topological polar surface area (TPSA) is 39.9 Å². The van der Waals surface area contributed by atoms with Gasteiger partial charge in [-0.15, -0.1) is 0 Å². The van der Waals surface area contributed by atoms with Crippen LogP contribution >= 0.6 is 11.6 Å². The van der Waals surface area contributed by atoms with Gasteiger partial charge in [0.15, 0.2) is 0 Å². The van der Waals surface area contributed by atoms with E-state index in [0.717, 1.165) is 5.56 Å². The molecule has 1 aliphatic rings. The lowest BCUT2D eigenvalue weighted by Crippen LogP contribution is -2.36. The van der Waals surface area contributed by atoms with Crippen LogP contribution in [0, 0.1) is 6.57 Å². The second kappa shape index (κ2) is 8.46. The van der Waals surface area contributed by atoms with Crippen LogP contribution in [-0.2, 0) is 19.7 Å². The molecule has 1 aromatic carbocycles. The number of halogens is 2. The van der Waals surface area contributed by atoms with E-state index >= 15 is 0 Å². The summed E-state index contributed by atoms with van der Waals surface area (Å²) in [6.07, 6.45) is 1.11. The third-order valence-corrected chi connectivity index (χ3v) is 4.66. The molecule has 1 aliphatic heterocycles. The molecule has 1 fully saturated rings. The van der Waals surface area contributed by atoms with Gasteiger partial charge in [-0.3, -0.25) is 9.18 Å². The Balaban J connectivity index is 2.33. The zero-order valence-electron chi connectivity index (χ0n) is 13.7. The van der Waals surface area contributed by atoms with Gasteiger partial charge in [-0.2, -0.15) is 0 Å². The van der Waals surface area contributed by atoms with Crippen LogP contribution in [0.3, 0.4) is 0 Å². The SMILES string of the molecule is [C-]#[N+][C@H](CC(=O)OCC)c1cc(Cl)cc(C2(CF)CCOCC2)c1. The van der Waals surface area contributed by atoms with E-state index in [-0.39, 0.29) is 13.0 Å². The fourth-order valence-electron chi connectivity index (χ4n) is 2.99. The standard InChI is InChI=1S/C18H21ClFNO3/c1-3-24-17(22)11-16(21-2)13-8-14(10-15(19)9-13)18(12-20)4-6-23-7-5-18/h8-10,16H,3-7,11-12H2,1H3/t16-/m1/s1. The second-order valence-electron chi connectivity index (χ2n) is 5.95. The number of alkyl halides is 1. The number of esters is 1.